The molecule has 0 atom stereocenters. The van der Waals surface area contributed by atoms with E-state index in [2.05, 4.69) is 345 Å². The van der Waals surface area contributed by atoms with E-state index in [1.54, 1.807) is 0 Å². The van der Waals surface area contributed by atoms with Crippen LogP contribution in [0.4, 0.5) is 0 Å². The highest BCUT2D eigenvalue weighted by atomic mass is 15.0. The minimum absolute atomic E-state index is 0.245. The molecule has 518 valence electrons. The second-order valence-electron chi connectivity index (χ2n) is 30.5. The molecule has 0 amide bonds. The second-order valence-corrected chi connectivity index (χ2v) is 30.5. The molecule has 0 unspecified atom stereocenters. The Hall–Kier alpha value is -12.1. The lowest BCUT2D eigenvalue weighted by atomic mass is 9.70. The van der Waals surface area contributed by atoms with Gasteiger partial charge in [-0.15, -0.1) is 0 Å². The zero-order valence-corrected chi connectivity index (χ0v) is 61.0. The van der Waals surface area contributed by atoms with Crippen LogP contribution in [0.25, 0.3) is 176 Å². The van der Waals surface area contributed by atoms with Crippen LogP contribution in [0, 0.1) is 0 Å². The van der Waals surface area contributed by atoms with Crippen LogP contribution >= 0.6 is 0 Å². The van der Waals surface area contributed by atoms with E-state index in [9.17, 15) is 0 Å². The van der Waals surface area contributed by atoms with Gasteiger partial charge in [0, 0.05) is 104 Å². The molecule has 21 rings (SSSR count). The number of unbranched alkanes of at least 4 members (excludes halogenated alkanes) is 10. The summed E-state index contributed by atoms with van der Waals surface area (Å²) in [6.45, 7) is 4.69. The molecule has 6 heterocycles. The number of fused-ring (bicyclic) bond motifs is 21. The first kappa shape index (κ1) is 63.4. The number of para-hydroxylation sites is 8. The SMILES string of the molecule is CCCCCCCCC1(CCCCCCCC)c2cc(-n3c4ccc(-n5c6ccccc6c6ccccc65)cc4c4cc(-n5c6ccccc6c6ccccc65)ccc43)ccc2-c2ccc(-n3c4ccc(-n5c6ccccc6c6ccccc65)cc4c4cc(-n5c6ccccc6c6ccccc65)ccc43)cc21. The first-order chi connectivity index (χ1) is 53.0. The maximum absolute atomic E-state index is 2.68. The van der Waals surface area contributed by atoms with Crippen molar-refractivity contribution in [1.29, 1.82) is 0 Å². The number of nitrogens with zero attached hydrogens (tertiary/aromatic N) is 6. The van der Waals surface area contributed by atoms with E-state index in [4.69, 9.17) is 0 Å². The van der Waals surface area contributed by atoms with Crippen molar-refractivity contribution >= 4 is 131 Å². The third kappa shape index (κ3) is 9.83. The van der Waals surface area contributed by atoms with Gasteiger partial charge in [0.25, 0.3) is 0 Å². The van der Waals surface area contributed by atoms with Crippen LogP contribution in [0.15, 0.2) is 303 Å². The lowest BCUT2D eigenvalue weighted by Crippen LogP contribution is -2.26. The molecule has 0 fully saturated rings. The van der Waals surface area contributed by atoms with Gasteiger partial charge in [-0.3, -0.25) is 0 Å². The summed E-state index contributed by atoms with van der Waals surface area (Å²) in [6.07, 6.45) is 17.2. The van der Waals surface area contributed by atoms with Crippen LogP contribution < -0.4 is 0 Å². The topological polar surface area (TPSA) is 29.6 Å². The maximum Gasteiger partial charge on any atom is 0.0542 e. The summed E-state index contributed by atoms with van der Waals surface area (Å²) in [7, 11) is 0. The van der Waals surface area contributed by atoms with Gasteiger partial charge >= 0.3 is 0 Å². The summed E-state index contributed by atoms with van der Waals surface area (Å²) in [6, 6.07) is 116. The molecule has 0 radical (unpaired) electrons. The van der Waals surface area contributed by atoms with Crippen molar-refractivity contribution in [3.63, 3.8) is 0 Å². The van der Waals surface area contributed by atoms with Crippen molar-refractivity contribution in [2.45, 2.75) is 109 Å². The van der Waals surface area contributed by atoms with Gasteiger partial charge in [-0.05, 0) is 181 Å². The summed E-state index contributed by atoms with van der Waals surface area (Å²) < 4.78 is 15.2. The van der Waals surface area contributed by atoms with E-state index in [1.807, 2.05) is 0 Å². The van der Waals surface area contributed by atoms with Crippen LogP contribution in [-0.2, 0) is 5.41 Å². The third-order valence-corrected chi connectivity index (χ3v) is 24.6. The van der Waals surface area contributed by atoms with Gasteiger partial charge in [-0.2, -0.15) is 0 Å². The van der Waals surface area contributed by atoms with Gasteiger partial charge < -0.3 is 27.4 Å². The van der Waals surface area contributed by atoms with Gasteiger partial charge in [0.15, 0.2) is 0 Å². The van der Waals surface area contributed by atoms with Crippen LogP contribution in [0.2, 0.25) is 0 Å². The number of aromatic nitrogens is 6. The van der Waals surface area contributed by atoms with Crippen molar-refractivity contribution in [1.82, 2.24) is 27.4 Å². The summed E-state index contributed by atoms with van der Waals surface area (Å²) in [5, 5.41) is 15.1. The van der Waals surface area contributed by atoms with Gasteiger partial charge in [0.2, 0.25) is 0 Å². The number of benzene rings is 14. The quantitative estimate of drug-likeness (QED) is 0.0681. The zero-order valence-electron chi connectivity index (χ0n) is 61.0. The standard InChI is InChI=1S/C101H84N6/c1-3-5-7-9-11-29-59-101(60-30-12-10-8-6-4-2)87-65-71(106-97-55-49-67(102-89-39-21-13-31-75(89)76-32-14-22-40-90(76)102)61-83(97)84-62-68(50-56-98(84)106)103-91-41-23-15-33-77(91)78-34-16-24-42-92(78)103)47-53-73(87)74-54-48-72(66-88(74)101)107-99-57-51-69(104-93-43-25-17-35-79(93)80-36-18-26-44-94(80)104)63-85(99)86-64-70(52-58-100(86)107)105-95-45-27-19-37-81(95)82-38-20-28-46-96(82)105/h13-28,31-58,61-66H,3-12,29-30,59-60H2,1-2H3. The molecule has 0 saturated carbocycles. The van der Waals surface area contributed by atoms with Gasteiger partial charge in [0.05, 0.1) is 66.2 Å². The van der Waals surface area contributed by atoms with Crippen LogP contribution in [-0.4, -0.2) is 27.4 Å². The van der Waals surface area contributed by atoms with E-state index in [-0.39, 0.29) is 5.41 Å². The fourth-order valence-electron chi connectivity index (χ4n) is 19.7. The highest BCUT2D eigenvalue weighted by molar-refractivity contribution is 6.17. The predicted octanol–water partition coefficient (Wildman–Crippen LogP) is 28.0. The summed E-state index contributed by atoms with van der Waals surface area (Å²) in [5.41, 5.74) is 27.0. The Labute approximate surface area is 623 Å². The van der Waals surface area contributed by atoms with E-state index < -0.39 is 0 Å². The van der Waals surface area contributed by atoms with Gasteiger partial charge in [-0.1, -0.05) is 249 Å². The normalized spacial score (nSPS) is 13.0. The molecular weight excluding hydrogens is 1300 g/mol. The maximum atomic E-state index is 2.68. The number of hydrogen-bond donors (Lipinski definition) is 0. The number of hydrogen-bond acceptors (Lipinski definition) is 0. The smallest absolute Gasteiger partial charge is 0.0542 e. The molecule has 0 spiro atoms. The van der Waals surface area contributed by atoms with Crippen LogP contribution in [0.3, 0.4) is 0 Å². The Morgan fingerprint density at radius 1 is 0.187 bits per heavy atom. The highest BCUT2D eigenvalue weighted by Gasteiger charge is 2.43. The van der Waals surface area contributed by atoms with Gasteiger partial charge in [0.1, 0.15) is 0 Å². The molecule has 6 aromatic heterocycles. The lowest BCUT2D eigenvalue weighted by Gasteiger charge is -2.33. The van der Waals surface area contributed by atoms with Gasteiger partial charge in [-0.25, -0.2) is 0 Å². The molecule has 6 heteroatoms. The Kier molecular flexibility index (Phi) is 15.2. The fourth-order valence-corrected chi connectivity index (χ4v) is 19.7. The predicted molar refractivity (Wildman–Crippen MR) is 455 cm³/mol. The Balaban J connectivity index is 0.776. The van der Waals surface area contributed by atoms with Crippen molar-refractivity contribution in [3.05, 3.63) is 314 Å². The molecule has 107 heavy (non-hydrogen) atoms. The molecule has 0 N–H and O–H groups in total. The van der Waals surface area contributed by atoms with Crippen LogP contribution in [0.5, 0.6) is 0 Å². The van der Waals surface area contributed by atoms with Crippen molar-refractivity contribution < 1.29 is 0 Å². The first-order valence-electron chi connectivity index (χ1n) is 39.4. The minimum atomic E-state index is -0.245. The Morgan fingerprint density at radius 3 is 0.626 bits per heavy atom. The molecule has 20 aromatic rings. The van der Waals surface area contributed by atoms with E-state index in [1.165, 1.54) is 242 Å². The Morgan fingerprint density at radius 2 is 0.383 bits per heavy atom. The molecule has 6 nitrogen and oxygen atoms in total. The molecular formula is C101H84N6. The van der Waals surface area contributed by atoms with Crippen molar-refractivity contribution in [2.24, 2.45) is 0 Å². The molecule has 0 bridgehead atoms. The molecule has 1 aliphatic carbocycles. The average molecular weight is 1380 g/mol. The monoisotopic (exact) mass is 1380 g/mol. The zero-order chi connectivity index (χ0) is 70.8. The van der Waals surface area contributed by atoms with E-state index >= 15 is 0 Å². The van der Waals surface area contributed by atoms with Crippen molar-refractivity contribution in [3.8, 4) is 45.3 Å². The Bertz CT molecular complexity index is 5980. The van der Waals surface area contributed by atoms with E-state index in [0.717, 1.165) is 35.6 Å². The highest BCUT2D eigenvalue weighted by Crippen LogP contribution is 2.56. The summed E-state index contributed by atoms with van der Waals surface area (Å²) >= 11 is 0. The molecule has 1 aliphatic rings. The molecule has 14 aromatic carbocycles. The molecule has 0 saturated heterocycles. The van der Waals surface area contributed by atoms with E-state index in [0.29, 0.717) is 0 Å². The largest absolute Gasteiger partial charge is 0.309 e. The second kappa shape index (κ2) is 25.6. The van der Waals surface area contributed by atoms with Crippen LogP contribution in [0.1, 0.15) is 115 Å². The van der Waals surface area contributed by atoms with Crippen molar-refractivity contribution in [2.75, 3.05) is 0 Å². The summed E-state index contributed by atoms with van der Waals surface area (Å²) in [5.74, 6) is 0. The average Bonchev–Trinajstić information content (AvgIpc) is 1.54. The number of rotatable bonds is 20. The minimum Gasteiger partial charge on any atom is -0.309 e. The first-order valence-corrected chi connectivity index (χ1v) is 39.4. The lowest BCUT2D eigenvalue weighted by molar-refractivity contribution is 0.397. The molecule has 0 aliphatic heterocycles. The fraction of sp³-hybridized carbons (Fsp3) is 0.168. The summed E-state index contributed by atoms with van der Waals surface area (Å²) in [4.78, 5) is 0. The third-order valence-electron chi connectivity index (χ3n) is 24.6.